The summed E-state index contributed by atoms with van der Waals surface area (Å²) in [6.07, 6.45) is -4.39. The minimum absolute atomic E-state index is 0.191. The molecule has 1 aromatic carbocycles. The third-order valence-electron chi connectivity index (χ3n) is 2.31. The van der Waals surface area contributed by atoms with Gasteiger partial charge in [-0.05, 0) is 29.2 Å². The molecule has 1 aromatic heterocycles. The summed E-state index contributed by atoms with van der Waals surface area (Å²) in [5, 5.41) is 14.9. The molecule has 2 rings (SSSR count). The highest BCUT2D eigenvalue weighted by Crippen LogP contribution is 2.31. The van der Waals surface area contributed by atoms with Gasteiger partial charge in [0.1, 0.15) is 0 Å². The second kappa shape index (κ2) is 4.60. The molecule has 0 N–H and O–H groups in total. The van der Waals surface area contributed by atoms with Crippen LogP contribution in [0.1, 0.15) is 11.3 Å². The Morgan fingerprint density at radius 3 is 2.39 bits per heavy atom. The number of benzene rings is 1. The van der Waals surface area contributed by atoms with Crippen molar-refractivity contribution in [3.05, 3.63) is 40.7 Å². The molecule has 0 bridgehead atoms. The van der Waals surface area contributed by atoms with Gasteiger partial charge in [0.2, 0.25) is 5.69 Å². The number of alkyl halides is 4. The molecule has 4 nitrogen and oxygen atoms in total. The number of rotatable bonds is 2. The average molecular weight is 323 g/mol. The Morgan fingerprint density at radius 1 is 1.28 bits per heavy atom. The fourth-order valence-corrected chi connectivity index (χ4v) is 1.89. The van der Waals surface area contributed by atoms with Crippen molar-refractivity contribution in [2.45, 2.75) is 11.5 Å². The highest BCUT2D eigenvalue weighted by atomic mass is 79.9. The highest BCUT2D eigenvalue weighted by molar-refractivity contribution is 9.08. The third kappa shape index (κ3) is 2.33. The van der Waals surface area contributed by atoms with Gasteiger partial charge in [0.15, 0.2) is 0 Å². The number of hydrogen-bond acceptors (Lipinski definition) is 3. The maximum Gasteiger partial charge on any atom is 0.416 e. The predicted octanol–water partition coefficient (Wildman–Crippen LogP) is 2.89. The van der Waals surface area contributed by atoms with Crippen molar-refractivity contribution in [3.63, 3.8) is 0 Å². The summed E-state index contributed by atoms with van der Waals surface area (Å²) in [5.74, 6) is 0. The molecule has 0 aliphatic heterocycles. The van der Waals surface area contributed by atoms with E-state index >= 15 is 0 Å². The second-order valence-electron chi connectivity index (χ2n) is 3.43. The normalized spacial score (nSPS) is 11.8. The van der Waals surface area contributed by atoms with Crippen LogP contribution in [0.4, 0.5) is 13.2 Å². The quantitative estimate of drug-likeness (QED) is 0.631. The molecule has 0 saturated heterocycles. The van der Waals surface area contributed by atoms with Crippen LogP contribution in [0.25, 0.3) is 11.3 Å². The number of aromatic nitrogens is 2. The first kappa shape index (κ1) is 12.9. The molecule has 0 atom stereocenters. The third-order valence-corrected chi connectivity index (χ3v) is 2.84. The SMILES string of the molecule is [O-][n+]1onc(-c2ccc(C(F)(F)F)cc2)c1CBr. The van der Waals surface area contributed by atoms with Gasteiger partial charge in [-0.1, -0.05) is 15.9 Å². The first-order valence-corrected chi connectivity index (χ1v) is 5.88. The fourth-order valence-electron chi connectivity index (χ4n) is 1.41. The van der Waals surface area contributed by atoms with E-state index in [0.29, 0.717) is 5.56 Å². The van der Waals surface area contributed by atoms with E-state index in [4.69, 9.17) is 0 Å². The van der Waals surface area contributed by atoms with E-state index in [0.717, 1.165) is 12.1 Å². The molecule has 0 aliphatic carbocycles. The fraction of sp³-hybridized carbons (Fsp3) is 0.200. The van der Waals surface area contributed by atoms with E-state index in [1.807, 2.05) is 0 Å². The number of nitrogens with zero attached hydrogens (tertiary/aromatic N) is 2. The molecule has 0 fully saturated rings. The van der Waals surface area contributed by atoms with Crippen LogP contribution in [0.15, 0.2) is 28.9 Å². The van der Waals surface area contributed by atoms with E-state index in [1.54, 1.807) is 0 Å². The summed E-state index contributed by atoms with van der Waals surface area (Å²) < 4.78 is 41.5. The topological polar surface area (TPSA) is 53.0 Å². The molecule has 2 aromatic rings. The summed E-state index contributed by atoms with van der Waals surface area (Å²) in [7, 11) is 0. The van der Waals surface area contributed by atoms with E-state index < -0.39 is 11.7 Å². The van der Waals surface area contributed by atoms with Crippen LogP contribution < -0.4 is 4.90 Å². The molecule has 0 unspecified atom stereocenters. The van der Waals surface area contributed by atoms with Gasteiger partial charge in [-0.3, -0.25) is 4.63 Å². The van der Waals surface area contributed by atoms with Crippen molar-refractivity contribution in [3.8, 4) is 11.3 Å². The largest absolute Gasteiger partial charge is 0.416 e. The van der Waals surface area contributed by atoms with Gasteiger partial charge < -0.3 is 5.21 Å². The Labute approximate surface area is 108 Å². The van der Waals surface area contributed by atoms with Crippen molar-refractivity contribution in [2.75, 3.05) is 0 Å². The summed E-state index contributed by atoms with van der Waals surface area (Å²) >= 11 is 3.08. The molecule has 0 spiro atoms. The molecular weight excluding hydrogens is 317 g/mol. The maximum absolute atomic E-state index is 12.4. The lowest BCUT2D eigenvalue weighted by Crippen LogP contribution is -2.27. The maximum atomic E-state index is 12.4. The van der Waals surface area contributed by atoms with Crippen LogP contribution in [0.5, 0.6) is 0 Å². The van der Waals surface area contributed by atoms with Crippen LogP contribution in [0.2, 0.25) is 0 Å². The smallest absolute Gasteiger partial charge is 0.359 e. The van der Waals surface area contributed by atoms with Crippen LogP contribution >= 0.6 is 15.9 Å². The lowest BCUT2D eigenvalue weighted by Gasteiger charge is -2.05. The van der Waals surface area contributed by atoms with Crippen LogP contribution in [-0.2, 0) is 11.5 Å². The molecule has 0 aliphatic rings. The van der Waals surface area contributed by atoms with Gasteiger partial charge in [0.25, 0.3) is 5.69 Å². The van der Waals surface area contributed by atoms with E-state index in [-0.39, 0.29) is 21.6 Å². The van der Waals surface area contributed by atoms with Gasteiger partial charge in [0.05, 0.1) is 10.9 Å². The standard InChI is InChI=1S/C10H6BrF3N2O2/c11-5-8-9(15-18-16(8)17)6-1-3-7(4-2-6)10(12,13)14/h1-4H,5H2. The van der Waals surface area contributed by atoms with Crippen molar-refractivity contribution >= 4 is 15.9 Å². The van der Waals surface area contributed by atoms with Crippen LogP contribution in [-0.4, -0.2) is 5.16 Å². The van der Waals surface area contributed by atoms with Crippen LogP contribution in [0, 0.1) is 5.21 Å². The Hall–Kier alpha value is -1.57. The van der Waals surface area contributed by atoms with Crippen LogP contribution in [0.3, 0.4) is 0 Å². The van der Waals surface area contributed by atoms with E-state index in [9.17, 15) is 18.4 Å². The Bertz CT molecular complexity index is 551. The van der Waals surface area contributed by atoms with Gasteiger partial charge in [-0.2, -0.15) is 13.2 Å². The molecule has 96 valence electrons. The van der Waals surface area contributed by atoms with Gasteiger partial charge in [-0.15, -0.1) is 0 Å². The first-order valence-electron chi connectivity index (χ1n) is 4.75. The highest BCUT2D eigenvalue weighted by Gasteiger charge is 2.30. The Kier molecular flexibility index (Phi) is 3.29. The minimum Gasteiger partial charge on any atom is -0.359 e. The molecule has 18 heavy (non-hydrogen) atoms. The van der Waals surface area contributed by atoms with Crippen molar-refractivity contribution in [1.82, 2.24) is 5.16 Å². The van der Waals surface area contributed by atoms with Gasteiger partial charge in [-0.25, -0.2) is 0 Å². The average Bonchev–Trinajstić information content (AvgIpc) is 2.69. The zero-order valence-corrected chi connectivity index (χ0v) is 10.3. The van der Waals surface area contributed by atoms with E-state index in [2.05, 4.69) is 25.7 Å². The Morgan fingerprint density at radius 2 is 1.89 bits per heavy atom. The molecular formula is C10H6BrF3N2O2. The lowest BCUT2D eigenvalue weighted by molar-refractivity contribution is -0.807. The molecule has 0 saturated carbocycles. The number of hydrogen-bond donors (Lipinski definition) is 0. The van der Waals surface area contributed by atoms with E-state index in [1.165, 1.54) is 12.1 Å². The molecule has 8 heteroatoms. The van der Waals surface area contributed by atoms with Crippen molar-refractivity contribution in [1.29, 1.82) is 0 Å². The molecule has 1 heterocycles. The molecule has 0 radical (unpaired) electrons. The summed E-state index contributed by atoms with van der Waals surface area (Å²) in [6, 6.07) is 4.34. The van der Waals surface area contributed by atoms with Gasteiger partial charge in [0, 0.05) is 10.7 Å². The second-order valence-corrected chi connectivity index (χ2v) is 3.99. The summed E-state index contributed by atoms with van der Waals surface area (Å²) in [5.41, 5.74) is 0.0475. The lowest BCUT2D eigenvalue weighted by atomic mass is 10.1. The predicted molar refractivity (Wildman–Crippen MR) is 58.5 cm³/mol. The van der Waals surface area contributed by atoms with Gasteiger partial charge >= 0.3 is 6.18 Å². The molecule has 0 amide bonds. The van der Waals surface area contributed by atoms with Crippen molar-refractivity contribution in [2.24, 2.45) is 0 Å². The Balaban J connectivity index is 2.40. The summed E-state index contributed by atoms with van der Waals surface area (Å²) in [4.78, 5) is 0.210. The zero-order chi connectivity index (χ0) is 13.3. The first-order chi connectivity index (χ1) is 8.43. The van der Waals surface area contributed by atoms with Crippen molar-refractivity contribution < 1.29 is 22.7 Å². The summed E-state index contributed by atoms with van der Waals surface area (Å²) in [6.45, 7) is 0. The minimum atomic E-state index is -4.39. The number of halogens is 4. The monoisotopic (exact) mass is 322 g/mol. The zero-order valence-electron chi connectivity index (χ0n) is 8.74.